The average Bonchev–Trinajstić information content (AvgIpc) is 3.39. The number of hydrogen-bond donors (Lipinski definition) is 2. The van der Waals surface area contributed by atoms with Crippen LogP contribution in [0.2, 0.25) is 0 Å². The fraction of sp³-hybridized carbons (Fsp3) is 0.500. The maximum absolute atomic E-state index is 13.0. The minimum Gasteiger partial charge on any atom is -0.349 e. The van der Waals surface area contributed by atoms with Gasteiger partial charge in [0.2, 0.25) is 0 Å². The van der Waals surface area contributed by atoms with Crippen LogP contribution in [-0.4, -0.2) is 29.0 Å². The van der Waals surface area contributed by atoms with Crippen molar-refractivity contribution in [1.82, 2.24) is 15.6 Å². The van der Waals surface area contributed by atoms with Crippen molar-refractivity contribution in [2.24, 2.45) is 0 Å². The van der Waals surface area contributed by atoms with E-state index in [1.165, 1.54) is 25.7 Å². The van der Waals surface area contributed by atoms with Crippen LogP contribution in [0.1, 0.15) is 60.5 Å². The van der Waals surface area contributed by atoms with Crippen molar-refractivity contribution in [3.8, 4) is 0 Å². The highest BCUT2D eigenvalue weighted by molar-refractivity contribution is 6.06. The third-order valence-corrected chi connectivity index (χ3v) is 5.78. The molecule has 2 bridgehead atoms. The number of pyridine rings is 1. The lowest BCUT2D eigenvalue weighted by atomic mass is 9.98. The maximum atomic E-state index is 13.0. The van der Waals surface area contributed by atoms with Crippen LogP contribution in [-0.2, 0) is 0 Å². The molecular weight excluding hydrogens is 369 g/mol. The molecule has 26 heavy (non-hydrogen) atoms. The highest BCUT2D eigenvalue weighted by Gasteiger charge is 2.34. The number of fused-ring (bicyclic) bond motifs is 3. The van der Waals surface area contributed by atoms with Crippen LogP contribution < -0.4 is 10.6 Å². The standard InChI is InChI=1S/C20H23N3O.2ClH/c24-20(22-15-9-13-7-8-14(10-15)21-13)17-11-19(12-5-6-12)23-18-4-2-1-3-16(17)18;;/h1-4,11-15,21H,5-10H2,(H,22,24);2*1H. The van der Waals surface area contributed by atoms with E-state index in [1.54, 1.807) is 0 Å². The Hall–Kier alpha value is -1.36. The summed E-state index contributed by atoms with van der Waals surface area (Å²) in [5.41, 5.74) is 2.83. The summed E-state index contributed by atoms with van der Waals surface area (Å²) in [4.78, 5) is 17.8. The van der Waals surface area contributed by atoms with E-state index in [0.717, 1.165) is 35.0 Å². The molecule has 1 aliphatic carbocycles. The zero-order chi connectivity index (χ0) is 16.1. The van der Waals surface area contributed by atoms with Gasteiger partial charge in [-0.1, -0.05) is 18.2 Å². The Labute approximate surface area is 166 Å². The summed E-state index contributed by atoms with van der Waals surface area (Å²) in [6.07, 6.45) is 7.01. The first-order chi connectivity index (χ1) is 11.8. The van der Waals surface area contributed by atoms with Gasteiger partial charge >= 0.3 is 0 Å². The summed E-state index contributed by atoms with van der Waals surface area (Å²) in [5, 5.41) is 7.91. The van der Waals surface area contributed by atoms with Crippen LogP contribution in [0.3, 0.4) is 0 Å². The smallest absolute Gasteiger partial charge is 0.252 e. The van der Waals surface area contributed by atoms with Crippen molar-refractivity contribution >= 4 is 41.6 Å². The average molecular weight is 394 g/mol. The molecule has 1 amide bonds. The largest absolute Gasteiger partial charge is 0.349 e. The van der Waals surface area contributed by atoms with E-state index < -0.39 is 0 Å². The predicted octanol–water partition coefficient (Wildman–Crippen LogP) is 3.97. The minimum atomic E-state index is 0. The van der Waals surface area contributed by atoms with Gasteiger partial charge in [0.05, 0.1) is 11.1 Å². The van der Waals surface area contributed by atoms with Gasteiger partial charge in [-0.15, -0.1) is 24.8 Å². The molecule has 5 rings (SSSR count). The van der Waals surface area contributed by atoms with E-state index in [-0.39, 0.29) is 30.7 Å². The topological polar surface area (TPSA) is 54.0 Å². The molecule has 1 aromatic carbocycles. The van der Waals surface area contributed by atoms with Crippen LogP contribution in [0.5, 0.6) is 0 Å². The molecular formula is C20H25Cl2N3O. The van der Waals surface area contributed by atoms with Gasteiger partial charge in [0.25, 0.3) is 5.91 Å². The van der Waals surface area contributed by atoms with Crippen LogP contribution >= 0.6 is 24.8 Å². The van der Waals surface area contributed by atoms with Gasteiger partial charge in [0.15, 0.2) is 0 Å². The number of carbonyl (C=O) groups excluding carboxylic acids is 1. The number of para-hydroxylation sites is 1. The van der Waals surface area contributed by atoms with Crippen LogP contribution in [0, 0.1) is 0 Å². The zero-order valence-corrected chi connectivity index (χ0v) is 16.2. The first-order valence-electron chi connectivity index (χ1n) is 9.23. The van der Waals surface area contributed by atoms with Crippen LogP contribution in [0.15, 0.2) is 30.3 Å². The molecule has 2 saturated heterocycles. The molecule has 2 atom stereocenters. The van der Waals surface area contributed by atoms with E-state index in [4.69, 9.17) is 4.98 Å². The van der Waals surface area contributed by atoms with Gasteiger partial charge < -0.3 is 10.6 Å². The third kappa shape index (κ3) is 3.68. The SMILES string of the molecule is Cl.Cl.O=C(NC1CC2CCC(C1)N2)c1cc(C2CC2)nc2ccccc12. The van der Waals surface area contributed by atoms with Gasteiger partial charge in [-0.25, -0.2) is 0 Å². The van der Waals surface area contributed by atoms with Crippen molar-refractivity contribution in [1.29, 1.82) is 0 Å². The van der Waals surface area contributed by atoms with Gasteiger partial charge in [0, 0.05) is 35.1 Å². The summed E-state index contributed by atoms with van der Waals surface area (Å²) >= 11 is 0. The Morgan fingerprint density at radius 1 is 1.04 bits per heavy atom. The number of halogens is 2. The molecule has 2 aromatic rings. The van der Waals surface area contributed by atoms with E-state index in [2.05, 4.69) is 10.6 Å². The number of benzene rings is 1. The molecule has 140 valence electrons. The summed E-state index contributed by atoms with van der Waals surface area (Å²) in [6.45, 7) is 0. The van der Waals surface area contributed by atoms with Crippen molar-refractivity contribution in [2.45, 2.75) is 62.6 Å². The number of rotatable bonds is 3. The second kappa shape index (κ2) is 7.71. The lowest BCUT2D eigenvalue weighted by molar-refractivity contribution is 0.0925. The molecule has 0 spiro atoms. The Morgan fingerprint density at radius 3 is 2.42 bits per heavy atom. The summed E-state index contributed by atoms with van der Waals surface area (Å²) in [6, 6.07) is 11.5. The van der Waals surface area contributed by atoms with Gasteiger partial charge in [-0.05, 0) is 50.7 Å². The molecule has 6 heteroatoms. The summed E-state index contributed by atoms with van der Waals surface area (Å²) < 4.78 is 0. The molecule has 3 fully saturated rings. The fourth-order valence-electron chi connectivity index (χ4n) is 4.41. The highest BCUT2D eigenvalue weighted by Crippen LogP contribution is 2.40. The number of nitrogens with one attached hydrogen (secondary N) is 2. The molecule has 2 aliphatic heterocycles. The summed E-state index contributed by atoms with van der Waals surface area (Å²) in [5.74, 6) is 0.623. The van der Waals surface area contributed by atoms with Crippen molar-refractivity contribution in [3.05, 3.63) is 41.6 Å². The second-order valence-corrected chi connectivity index (χ2v) is 7.67. The number of nitrogens with zero attached hydrogens (tertiary/aromatic N) is 1. The van der Waals surface area contributed by atoms with E-state index in [0.29, 0.717) is 24.0 Å². The van der Waals surface area contributed by atoms with Crippen molar-refractivity contribution in [2.75, 3.05) is 0 Å². The maximum Gasteiger partial charge on any atom is 0.252 e. The first kappa shape index (κ1) is 19.4. The fourth-order valence-corrected chi connectivity index (χ4v) is 4.41. The molecule has 1 aromatic heterocycles. The number of piperidine rings is 1. The van der Waals surface area contributed by atoms with Crippen LogP contribution in [0.4, 0.5) is 0 Å². The van der Waals surface area contributed by atoms with Gasteiger partial charge in [0.1, 0.15) is 0 Å². The molecule has 4 nitrogen and oxygen atoms in total. The number of aromatic nitrogens is 1. The van der Waals surface area contributed by atoms with Crippen molar-refractivity contribution < 1.29 is 4.79 Å². The predicted molar refractivity (Wildman–Crippen MR) is 109 cm³/mol. The van der Waals surface area contributed by atoms with Crippen LogP contribution in [0.25, 0.3) is 10.9 Å². The molecule has 2 N–H and O–H groups in total. The second-order valence-electron chi connectivity index (χ2n) is 7.67. The Kier molecular flexibility index (Phi) is 5.75. The number of carbonyl (C=O) groups is 1. The molecule has 3 heterocycles. The van der Waals surface area contributed by atoms with Crippen molar-refractivity contribution in [3.63, 3.8) is 0 Å². The van der Waals surface area contributed by atoms with Gasteiger partial charge in [-0.2, -0.15) is 0 Å². The molecule has 0 radical (unpaired) electrons. The monoisotopic (exact) mass is 393 g/mol. The molecule has 2 unspecified atom stereocenters. The number of amides is 1. The Bertz CT molecular complexity index is 797. The normalized spacial score (nSPS) is 26.7. The lowest BCUT2D eigenvalue weighted by Gasteiger charge is -2.29. The third-order valence-electron chi connectivity index (χ3n) is 5.78. The Balaban J connectivity index is 0.000000980. The number of hydrogen-bond acceptors (Lipinski definition) is 3. The summed E-state index contributed by atoms with van der Waals surface area (Å²) in [7, 11) is 0. The van der Waals surface area contributed by atoms with E-state index in [1.807, 2.05) is 30.3 Å². The first-order valence-corrected chi connectivity index (χ1v) is 9.23. The molecule has 1 saturated carbocycles. The quantitative estimate of drug-likeness (QED) is 0.829. The Morgan fingerprint density at radius 2 is 1.73 bits per heavy atom. The van der Waals surface area contributed by atoms with E-state index >= 15 is 0 Å². The minimum absolute atomic E-state index is 0. The molecule has 3 aliphatic rings. The van der Waals surface area contributed by atoms with Gasteiger partial charge in [-0.3, -0.25) is 9.78 Å². The zero-order valence-electron chi connectivity index (χ0n) is 14.6. The highest BCUT2D eigenvalue weighted by atomic mass is 35.5. The lowest BCUT2D eigenvalue weighted by Crippen LogP contribution is -2.48. The van der Waals surface area contributed by atoms with E-state index in [9.17, 15) is 4.79 Å².